The zero-order valence-electron chi connectivity index (χ0n) is 13.3. The number of benzene rings is 3. The zero-order chi connectivity index (χ0) is 16.9. The van der Waals surface area contributed by atoms with Crippen LogP contribution in [0.4, 0.5) is 0 Å². The number of nitrogens with zero attached hydrogens (tertiary/aromatic N) is 1. The average molecular weight is 353 g/mol. The van der Waals surface area contributed by atoms with Crippen LogP contribution in [0.25, 0.3) is 21.0 Å². The summed E-state index contributed by atoms with van der Waals surface area (Å²) < 4.78 is 27.3. The van der Waals surface area contributed by atoms with E-state index in [1.165, 1.54) is 11.3 Å². The third-order valence-corrected chi connectivity index (χ3v) is 6.87. The molecule has 0 spiro atoms. The summed E-state index contributed by atoms with van der Waals surface area (Å²) >= 11 is 1.53. The van der Waals surface area contributed by atoms with Crippen LogP contribution in [0.1, 0.15) is 10.6 Å². The van der Waals surface area contributed by atoms with Crippen molar-refractivity contribution in [3.8, 4) is 0 Å². The molecule has 5 heteroatoms. The fourth-order valence-corrected chi connectivity index (χ4v) is 5.34. The van der Waals surface area contributed by atoms with Gasteiger partial charge in [0.25, 0.3) is 0 Å². The van der Waals surface area contributed by atoms with Crippen LogP contribution < -0.4 is 0 Å². The van der Waals surface area contributed by atoms with Crippen molar-refractivity contribution < 1.29 is 8.42 Å². The quantitative estimate of drug-likeness (QED) is 0.515. The smallest absolute Gasteiger partial charge is 0.208 e. The van der Waals surface area contributed by atoms with Gasteiger partial charge in [-0.3, -0.25) is 0 Å². The molecule has 0 amide bonds. The molecule has 1 aromatic heterocycles. The zero-order valence-corrected chi connectivity index (χ0v) is 14.9. The molecule has 0 aliphatic carbocycles. The van der Waals surface area contributed by atoms with Crippen molar-refractivity contribution in [3.63, 3.8) is 0 Å². The van der Waals surface area contributed by atoms with E-state index in [0.29, 0.717) is 10.4 Å². The Labute approximate surface area is 144 Å². The largest absolute Gasteiger partial charge is 0.240 e. The second-order valence-electron chi connectivity index (χ2n) is 5.82. The van der Waals surface area contributed by atoms with E-state index in [-0.39, 0.29) is 4.90 Å². The Morgan fingerprint density at radius 3 is 2.42 bits per heavy atom. The minimum atomic E-state index is -3.62. The van der Waals surface area contributed by atoms with E-state index in [2.05, 4.69) is 4.98 Å². The molecule has 120 valence electrons. The lowest BCUT2D eigenvalue weighted by Crippen LogP contribution is -2.03. The molecular weight excluding hydrogens is 338 g/mol. The lowest BCUT2D eigenvalue weighted by Gasteiger charge is -2.08. The van der Waals surface area contributed by atoms with Crippen molar-refractivity contribution in [3.05, 3.63) is 65.2 Å². The van der Waals surface area contributed by atoms with Crippen molar-refractivity contribution in [2.24, 2.45) is 0 Å². The van der Waals surface area contributed by atoms with Gasteiger partial charge < -0.3 is 0 Å². The van der Waals surface area contributed by atoms with Gasteiger partial charge in [-0.25, -0.2) is 13.4 Å². The first-order chi connectivity index (χ1) is 11.5. The van der Waals surface area contributed by atoms with Gasteiger partial charge in [-0.15, -0.1) is 11.3 Å². The van der Waals surface area contributed by atoms with Gasteiger partial charge in [0.15, 0.2) is 0 Å². The molecule has 0 saturated heterocycles. The number of hydrogen-bond acceptors (Lipinski definition) is 4. The molecule has 4 aromatic rings. The SMILES string of the molecule is Cc1ccc(S(=O)(=O)c2cc3ccccc3c3sc(C)nc23)cc1. The van der Waals surface area contributed by atoms with E-state index in [9.17, 15) is 8.42 Å². The van der Waals surface area contributed by atoms with Crippen LogP contribution in [0.5, 0.6) is 0 Å². The fourth-order valence-electron chi connectivity index (χ4n) is 2.87. The summed E-state index contributed by atoms with van der Waals surface area (Å²) in [7, 11) is -3.62. The second-order valence-corrected chi connectivity index (χ2v) is 8.94. The standard InChI is InChI=1S/C19H15NO2S2/c1-12-7-9-15(10-8-12)24(21,22)17-11-14-5-3-4-6-16(14)19-18(17)20-13(2)23-19/h3-11H,1-2H3. The second kappa shape index (κ2) is 5.40. The van der Waals surface area contributed by atoms with E-state index in [0.717, 1.165) is 26.0 Å². The number of thiazole rings is 1. The van der Waals surface area contributed by atoms with Gasteiger partial charge in [0, 0.05) is 5.39 Å². The Balaban J connectivity index is 2.09. The Morgan fingerprint density at radius 2 is 1.67 bits per heavy atom. The summed E-state index contributed by atoms with van der Waals surface area (Å²) in [5.74, 6) is 0. The lowest BCUT2D eigenvalue weighted by molar-refractivity contribution is 0.597. The molecule has 0 atom stereocenters. The number of hydrogen-bond donors (Lipinski definition) is 0. The molecule has 0 bridgehead atoms. The van der Waals surface area contributed by atoms with Gasteiger partial charge in [-0.1, -0.05) is 42.0 Å². The molecule has 24 heavy (non-hydrogen) atoms. The highest BCUT2D eigenvalue weighted by molar-refractivity contribution is 7.91. The average Bonchev–Trinajstić information content (AvgIpc) is 2.96. The highest BCUT2D eigenvalue weighted by Gasteiger charge is 2.23. The molecule has 0 fully saturated rings. The van der Waals surface area contributed by atoms with E-state index in [1.54, 1.807) is 18.2 Å². The Hall–Kier alpha value is -2.24. The minimum Gasteiger partial charge on any atom is -0.240 e. The monoisotopic (exact) mass is 353 g/mol. The van der Waals surface area contributed by atoms with Gasteiger partial charge in [0.1, 0.15) is 5.52 Å². The van der Waals surface area contributed by atoms with Crippen molar-refractivity contribution in [2.75, 3.05) is 0 Å². The molecule has 3 nitrogen and oxygen atoms in total. The maximum absolute atomic E-state index is 13.2. The number of sulfone groups is 1. The summed E-state index contributed by atoms with van der Waals surface area (Å²) in [5.41, 5.74) is 1.60. The first-order valence-electron chi connectivity index (χ1n) is 7.57. The summed E-state index contributed by atoms with van der Waals surface area (Å²) in [5, 5.41) is 2.82. The third kappa shape index (κ3) is 2.32. The Morgan fingerprint density at radius 1 is 0.958 bits per heavy atom. The van der Waals surface area contributed by atoms with Gasteiger partial charge in [0.05, 0.1) is 19.5 Å². The van der Waals surface area contributed by atoms with Gasteiger partial charge in [-0.2, -0.15) is 0 Å². The van der Waals surface area contributed by atoms with Crippen LogP contribution in [0.15, 0.2) is 64.4 Å². The molecule has 0 radical (unpaired) electrons. The van der Waals surface area contributed by atoms with Crippen LogP contribution >= 0.6 is 11.3 Å². The van der Waals surface area contributed by atoms with Crippen LogP contribution in [-0.4, -0.2) is 13.4 Å². The van der Waals surface area contributed by atoms with Crippen molar-refractivity contribution in [1.29, 1.82) is 0 Å². The van der Waals surface area contributed by atoms with Crippen LogP contribution in [0.3, 0.4) is 0 Å². The Bertz CT molecular complexity index is 1170. The normalized spacial score (nSPS) is 12.1. The van der Waals surface area contributed by atoms with Gasteiger partial charge in [-0.05, 0) is 37.4 Å². The molecule has 0 saturated carbocycles. The molecule has 4 rings (SSSR count). The summed E-state index contributed by atoms with van der Waals surface area (Å²) in [4.78, 5) is 5.10. The predicted molar refractivity (Wildman–Crippen MR) is 98.5 cm³/mol. The van der Waals surface area contributed by atoms with E-state index in [4.69, 9.17) is 0 Å². The number of rotatable bonds is 2. The molecule has 0 N–H and O–H groups in total. The van der Waals surface area contributed by atoms with Crippen LogP contribution in [0, 0.1) is 13.8 Å². The van der Waals surface area contributed by atoms with E-state index >= 15 is 0 Å². The predicted octanol–water partition coefficient (Wildman–Crippen LogP) is 4.90. The van der Waals surface area contributed by atoms with Gasteiger partial charge >= 0.3 is 0 Å². The topological polar surface area (TPSA) is 47.0 Å². The fraction of sp³-hybridized carbons (Fsp3) is 0.105. The molecule has 1 heterocycles. The molecule has 3 aromatic carbocycles. The van der Waals surface area contributed by atoms with E-state index in [1.807, 2.05) is 50.2 Å². The maximum Gasteiger partial charge on any atom is 0.208 e. The highest BCUT2D eigenvalue weighted by Crippen LogP contribution is 2.36. The van der Waals surface area contributed by atoms with Crippen LogP contribution in [0.2, 0.25) is 0 Å². The van der Waals surface area contributed by atoms with Gasteiger partial charge in [0.2, 0.25) is 9.84 Å². The molecule has 0 aliphatic heterocycles. The highest BCUT2D eigenvalue weighted by atomic mass is 32.2. The lowest BCUT2D eigenvalue weighted by atomic mass is 10.1. The van der Waals surface area contributed by atoms with Crippen LogP contribution in [-0.2, 0) is 9.84 Å². The molecular formula is C19H15NO2S2. The summed E-state index contributed by atoms with van der Waals surface area (Å²) in [6, 6.07) is 16.5. The van der Waals surface area contributed by atoms with Crippen molar-refractivity contribution >= 4 is 42.2 Å². The third-order valence-electron chi connectivity index (χ3n) is 4.08. The molecule has 0 unspecified atom stereocenters. The number of aromatic nitrogens is 1. The van der Waals surface area contributed by atoms with E-state index < -0.39 is 9.84 Å². The Kier molecular flexibility index (Phi) is 3.44. The van der Waals surface area contributed by atoms with Crippen molar-refractivity contribution in [1.82, 2.24) is 4.98 Å². The number of aryl methyl sites for hydroxylation is 2. The first-order valence-corrected chi connectivity index (χ1v) is 9.87. The number of fused-ring (bicyclic) bond motifs is 3. The van der Waals surface area contributed by atoms with Crippen molar-refractivity contribution in [2.45, 2.75) is 23.6 Å². The minimum absolute atomic E-state index is 0.282. The maximum atomic E-state index is 13.2. The summed E-state index contributed by atoms with van der Waals surface area (Å²) in [6.45, 7) is 3.84. The first kappa shape index (κ1) is 15.3. The molecule has 0 aliphatic rings. The summed E-state index contributed by atoms with van der Waals surface area (Å²) in [6.07, 6.45) is 0.